The predicted octanol–water partition coefficient (Wildman–Crippen LogP) is 3.71. The van der Waals surface area contributed by atoms with Gasteiger partial charge < -0.3 is 9.84 Å². The summed E-state index contributed by atoms with van der Waals surface area (Å²) in [6, 6.07) is 11.6. The molecule has 0 spiro atoms. The van der Waals surface area contributed by atoms with Crippen LogP contribution < -0.4 is 10.1 Å². The highest BCUT2D eigenvalue weighted by Gasteiger charge is 2.14. The molecular formula is C20H20N2O5S3. The molecule has 0 saturated heterocycles. The Kier molecular flexibility index (Phi) is 7.14. The van der Waals surface area contributed by atoms with Crippen LogP contribution in [0.5, 0.6) is 5.75 Å². The highest BCUT2D eigenvalue weighted by Crippen LogP contribution is 2.32. The van der Waals surface area contributed by atoms with Gasteiger partial charge in [-0.15, -0.1) is 11.3 Å². The molecule has 7 nitrogen and oxygen atoms in total. The molecule has 0 unspecified atom stereocenters. The zero-order valence-corrected chi connectivity index (χ0v) is 18.7. The molecule has 1 amide bonds. The molecule has 10 heteroatoms. The van der Waals surface area contributed by atoms with Crippen LogP contribution in [0.2, 0.25) is 0 Å². The maximum atomic E-state index is 12.7. The second-order valence-corrected chi connectivity index (χ2v) is 10.5. The van der Waals surface area contributed by atoms with Crippen molar-refractivity contribution in [1.29, 1.82) is 0 Å². The van der Waals surface area contributed by atoms with Crippen molar-refractivity contribution in [3.63, 3.8) is 0 Å². The first-order valence-corrected chi connectivity index (χ1v) is 12.4. The zero-order valence-electron chi connectivity index (χ0n) is 16.2. The Morgan fingerprint density at radius 3 is 2.57 bits per heavy atom. The number of amides is 1. The molecule has 1 heterocycles. The van der Waals surface area contributed by atoms with Gasteiger partial charge in [-0.2, -0.15) is 0 Å². The van der Waals surface area contributed by atoms with E-state index in [2.05, 4.69) is 10.3 Å². The van der Waals surface area contributed by atoms with Gasteiger partial charge in [0.25, 0.3) is 5.91 Å². The number of aromatic nitrogens is 1. The quantitative estimate of drug-likeness (QED) is 0.523. The number of hydrogen-bond donors (Lipinski definition) is 2. The fraction of sp³-hybridized carbons (Fsp3) is 0.200. The van der Waals surface area contributed by atoms with E-state index in [1.807, 2.05) is 0 Å². The zero-order chi connectivity index (χ0) is 21.7. The summed E-state index contributed by atoms with van der Waals surface area (Å²) in [4.78, 5) is 18.5. The van der Waals surface area contributed by atoms with Crippen molar-refractivity contribution in [1.82, 2.24) is 4.98 Å². The lowest BCUT2D eigenvalue weighted by Gasteiger charge is -2.14. The summed E-state index contributed by atoms with van der Waals surface area (Å²) in [6.45, 7) is 1.56. The van der Waals surface area contributed by atoms with Crippen molar-refractivity contribution in [2.75, 3.05) is 18.2 Å². The number of thiazole rings is 1. The molecule has 0 bridgehead atoms. The fourth-order valence-corrected chi connectivity index (χ4v) is 4.50. The minimum absolute atomic E-state index is 0.162. The van der Waals surface area contributed by atoms with Gasteiger partial charge in [-0.3, -0.25) is 10.1 Å². The molecule has 1 aromatic heterocycles. The van der Waals surface area contributed by atoms with Crippen LogP contribution in [0.3, 0.4) is 0 Å². The minimum Gasteiger partial charge on any atom is -0.488 e. The maximum Gasteiger partial charge on any atom is 0.257 e. The summed E-state index contributed by atoms with van der Waals surface area (Å²) in [7, 11) is -3.27. The SMILES string of the molecule is C[C@@H](CO)Oc1cc(Sc2ccc(S(C)(=O)=O)cc2)cc(C(=O)Nc2nccs2)c1. The van der Waals surface area contributed by atoms with Gasteiger partial charge in [0, 0.05) is 33.2 Å². The number of nitrogens with zero attached hydrogens (tertiary/aromatic N) is 1. The van der Waals surface area contributed by atoms with E-state index in [1.165, 1.54) is 23.1 Å². The standard InChI is InChI=1S/C20H20N2O5S3/c1-13(12-23)27-15-9-14(19(24)22-20-21-7-8-28-20)10-17(11-15)29-16-3-5-18(6-4-16)30(2,25)26/h3-11,13,23H,12H2,1-2H3,(H,21,22,24)/t13-/m0/s1. The predicted molar refractivity (Wildman–Crippen MR) is 117 cm³/mol. The number of nitrogens with one attached hydrogen (secondary N) is 1. The van der Waals surface area contributed by atoms with E-state index in [1.54, 1.807) is 61.0 Å². The summed E-state index contributed by atoms with van der Waals surface area (Å²) in [5.41, 5.74) is 0.378. The highest BCUT2D eigenvalue weighted by atomic mass is 32.2. The summed E-state index contributed by atoms with van der Waals surface area (Å²) in [5, 5.41) is 14.3. The van der Waals surface area contributed by atoms with Crippen LogP contribution in [-0.4, -0.2) is 43.4 Å². The van der Waals surface area contributed by atoms with E-state index in [-0.39, 0.29) is 17.4 Å². The average molecular weight is 465 g/mol. The van der Waals surface area contributed by atoms with Gasteiger partial charge in [0.2, 0.25) is 0 Å². The molecule has 158 valence electrons. The van der Waals surface area contributed by atoms with Crippen LogP contribution in [-0.2, 0) is 9.84 Å². The number of hydrogen-bond acceptors (Lipinski definition) is 8. The van der Waals surface area contributed by atoms with E-state index in [4.69, 9.17) is 4.74 Å². The third kappa shape index (κ3) is 6.05. The third-order valence-electron chi connectivity index (χ3n) is 3.88. The Bertz CT molecular complexity index is 1110. The third-order valence-corrected chi connectivity index (χ3v) is 6.67. The average Bonchev–Trinajstić information content (AvgIpc) is 3.20. The molecule has 0 radical (unpaired) electrons. The number of aliphatic hydroxyl groups excluding tert-OH is 1. The van der Waals surface area contributed by atoms with Crippen LogP contribution in [0.15, 0.2) is 68.7 Å². The molecule has 0 saturated carbocycles. The lowest BCUT2D eigenvalue weighted by molar-refractivity contribution is 0.102. The molecular weight excluding hydrogens is 444 g/mol. The van der Waals surface area contributed by atoms with Crippen molar-refractivity contribution in [2.24, 2.45) is 0 Å². The number of carbonyl (C=O) groups is 1. The molecule has 0 aliphatic carbocycles. The summed E-state index contributed by atoms with van der Waals surface area (Å²) >= 11 is 2.68. The number of benzene rings is 2. The van der Waals surface area contributed by atoms with Crippen LogP contribution in [0, 0.1) is 0 Å². The van der Waals surface area contributed by atoms with Crippen molar-refractivity contribution in [2.45, 2.75) is 27.7 Å². The Hall–Kier alpha value is -2.40. The molecule has 0 aliphatic rings. The van der Waals surface area contributed by atoms with E-state index in [0.29, 0.717) is 16.4 Å². The van der Waals surface area contributed by atoms with E-state index in [0.717, 1.165) is 16.0 Å². The van der Waals surface area contributed by atoms with Gasteiger partial charge in [0.1, 0.15) is 11.9 Å². The molecule has 0 aliphatic heterocycles. The molecule has 3 aromatic rings. The van der Waals surface area contributed by atoms with Crippen molar-refractivity contribution >= 4 is 44.0 Å². The molecule has 1 atom stereocenters. The van der Waals surface area contributed by atoms with E-state index < -0.39 is 15.9 Å². The lowest BCUT2D eigenvalue weighted by Crippen LogP contribution is -2.17. The molecule has 30 heavy (non-hydrogen) atoms. The lowest BCUT2D eigenvalue weighted by atomic mass is 10.2. The number of sulfone groups is 1. The highest BCUT2D eigenvalue weighted by molar-refractivity contribution is 7.99. The number of aliphatic hydroxyl groups is 1. The van der Waals surface area contributed by atoms with Crippen LogP contribution in [0.25, 0.3) is 0 Å². The largest absolute Gasteiger partial charge is 0.488 e. The minimum atomic E-state index is -3.27. The van der Waals surface area contributed by atoms with Gasteiger partial charge in [-0.1, -0.05) is 11.8 Å². The van der Waals surface area contributed by atoms with Gasteiger partial charge in [0.05, 0.1) is 11.5 Å². The summed E-state index contributed by atoms with van der Waals surface area (Å²) < 4.78 is 29.0. The Labute approximate surface area is 183 Å². The Morgan fingerprint density at radius 2 is 1.97 bits per heavy atom. The summed E-state index contributed by atoms with van der Waals surface area (Å²) in [6.07, 6.45) is 2.32. The smallest absolute Gasteiger partial charge is 0.257 e. The van der Waals surface area contributed by atoms with Gasteiger partial charge in [-0.05, 0) is 49.4 Å². The van der Waals surface area contributed by atoms with Crippen LogP contribution in [0.1, 0.15) is 17.3 Å². The summed E-state index contributed by atoms with van der Waals surface area (Å²) in [5.74, 6) is 0.111. The van der Waals surface area contributed by atoms with Crippen molar-refractivity contribution in [3.05, 3.63) is 59.6 Å². The second-order valence-electron chi connectivity index (χ2n) is 6.44. The second kappa shape index (κ2) is 9.61. The number of anilines is 1. The molecule has 2 aromatic carbocycles. The van der Waals surface area contributed by atoms with Gasteiger partial charge in [-0.25, -0.2) is 13.4 Å². The van der Waals surface area contributed by atoms with E-state index >= 15 is 0 Å². The monoisotopic (exact) mass is 464 g/mol. The normalized spacial score (nSPS) is 12.4. The maximum absolute atomic E-state index is 12.7. The van der Waals surface area contributed by atoms with Gasteiger partial charge >= 0.3 is 0 Å². The fourth-order valence-electron chi connectivity index (χ4n) is 2.44. The topological polar surface area (TPSA) is 106 Å². The Morgan fingerprint density at radius 1 is 1.23 bits per heavy atom. The number of ether oxygens (including phenoxy) is 1. The van der Waals surface area contributed by atoms with E-state index in [9.17, 15) is 18.3 Å². The number of carbonyl (C=O) groups excluding carboxylic acids is 1. The van der Waals surface area contributed by atoms with Crippen molar-refractivity contribution in [3.8, 4) is 5.75 Å². The number of rotatable bonds is 8. The molecule has 2 N–H and O–H groups in total. The first-order chi connectivity index (χ1) is 14.2. The first kappa shape index (κ1) is 22.3. The Balaban J connectivity index is 1.88. The van der Waals surface area contributed by atoms with Crippen LogP contribution in [0.4, 0.5) is 5.13 Å². The first-order valence-electron chi connectivity index (χ1n) is 8.86. The van der Waals surface area contributed by atoms with Crippen LogP contribution >= 0.6 is 23.1 Å². The van der Waals surface area contributed by atoms with Gasteiger partial charge in [0.15, 0.2) is 15.0 Å². The molecule has 3 rings (SSSR count). The molecule has 0 fully saturated rings. The van der Waals surface area contributed by atoms with Crippen molar-refractivity contribution < 1.29 is 23.1 Å².